The zero-order chi connectivity index (χ0) is 27.6. The molecule has 0 unspecified atom stereocenters. The van der Waals surface area contributed by atoms with Crippen molar-refractivity contribution in [2.24, 2.45) is 0 Å². The Kier molecular flexibility index (Phi) is 8.02. The van der Waals surface area contributed by atoms with Gasteiger partial charge in [-0.05, 0) is 48.0 Å². The number of benzene rings is 3. The molecule has 0 radical (unpaired) electrons. The number of carbonyl (C=O) groups excluding carboxylic acids is 2. The van der Waals surface area contributed by atoms with Crippen LogP contribution >= 0.6 is 11.6 Å². The molecule has 1 aliphatic rings. The summed E-state index contributed by atoms with van der Waals surface area (Å²) in [6, 6.07) is 14.9. The molecule has 3 aromatic rings. The van der Waals surface area contributed by atoms with Crippen LogP contribution < -0.4 is 10.6 Å². The highest BCUT2D eigenvalue weighted by molar-refractivity contribution is 7.89. The number of hydrogen-bond acceptors (Lipinski definition) is 5. The van der Waals surface area contributed by atoms with Gasteiger partial charge in [0.2, 0.25) is 15.9 Å². The number of anilines is 2. The normalized spacial score (nSPS) is 17.5. The van der Waals surface area contributed by atoms with Crippen molar-refractivity contribution in [1.82, 2.24) is 9.21 Å². The summed E-state index contributed by atoms with van der Waals surface area (Å²) in [7, 11) is -0.972. The van der Waals surface area contributed by atoms with Crippen molar-refractivity contribution in [2.45, 2.75) is 23.5 Å². The number of rotatable bonds is 6. The molecule has 3 amide bonds. The minimum atomic E-state index is -3.79. The van der Waals surface area contributed by atoms with E-state index in [2.05, 4.69) is 10.6 Å². The molecule has 0 aliphatic carbocycles. The van der Waals surface area contributed by atoms with Gasteiger partial charge in [-0.15, -0.1) is 0 Å². The SMILES string of the molecule is CN(C)S(=O)(=O)c1ccccc1-c1ccc(NC(=O)[C@H]2C[C@@H](O)CN2C(=O)Nc2ccc(Cl)cc2)c(F)c1. The van der Waals surface area contributed by atoms with Crippen LogP contribution in [0.4, 0.5) is 20.6 Å². The first-order valence-corrected chi connectivity index (χ1v) is 13.4. The predicted molar refractivity (Wildman–Crippen MR) is 143 cm³/mol. The molecule has 1 fully saturated rings. The molecule has 4 rings (SSSR count). The quantitative estimate of drug-likeness (QED) is 0.421. The number of sulfonamides is 1. The molecule has 1 saturated heterocycles. The summed E-state index contributed by atoms with van der Waals surface area (Å²) in [6.07, 6.45) is -0.945. The van der Waals surface area contributed by atoms with E-state index >= 15 is 4.39 Å². The van der Waals surface area contributed by atoms with Gasteiger partial charge in [0.15, 0.2) is 0 Å². The van der Waals surface area contributed by atoms with E-state index in [1.807, 2.05) is 0 Å². The molecular weight excluding hydrogens is 535 g/mol. The van der Waals surface area contributed by atoms with E-state index in [0.717, 1.165) is 10.4 Å². The van der Waals surface area contributed by atoms with Gasteiger partial charge in [0.05, 0.1) is 16.7 Å². The summed E-state index contributed by atoms with van der Waals surface area (Å²) < 4.78 is 41.6. The molecule has 0 saturated carbocycles. The summed E-state index contributed by atoms with van der Waals surface area (Å²) in [6.45, 7) is -0.0734. The Balaban J connectivity index is 1.53. The lowest BCUT2D eigenvalue weighted by molar-refractivity contribution is -0.119. The molecule has 0 aromatic heterocycles. The van der Waals surface area contributed by atoms with Crippen molar-refractivity contribution in [2.75, 3.05) is 31.3 Å². The fourth-order valence-electron chi connectivity index (χ4n) is 4.14. The average Bonchev–Trinajstić information content (AvgIpc) is 3.28. The molecule has 0 bridgehead atoms. The lowest BCUT2D eigenvalue weighted by Gasteiger charge is -2.24. The molecule has 2 atom stereocenters. The van der Waals surface area contributed by atoms with Crippen LogP contribution in [-0.2, 0) is 14.8 Å². The van der Waals surface area contributed by atoms with Crippen molar-refractivity contribution in [1.29, 1.82) is 0 Å². The van der Waals surface area contributed by atoms with Gasteiger partial charge in [-0.2, -0.15) is 0 Å². The summed E-state index contributed by atoms with van der Waals surface area (Å²) >= 11 is 5.87. The molecule has 1 heterocycles. The largest absolute Gasteiger partial charge is 0.391 e. The monoisotopic (exact) mass is 560 g/mol. The molecular formula is C26H26ClFN4O5S. The summed E-state index contributed by atoms with van der Waals surface area (Å²) in [5, 5.41) is 15.8. The third-order valence-corrected chi connectivity index (χ3v) is 8.25. The number of likely N-dealkylation sites (tertiary alicyclic amines) is 1. The van der Waals surface area contributed by atoms with E-state index in [1.54, 1.807) is 42.5 Å². The van der Waals surface area contributed by atoms with Crippen LogP contribution in [0.3, 0.4) is 0 Å². The van der Waals surface area contributed by atoms with Crippen molar-refractivity contribution in [3.63, 3.8) is 0 Å². The standard InChI is InChI=1S/C26H26ClFN4O5S/c1-31(2)38(36,37)24-6-4-3-5-20(24)16-7-12-22(21(28)13-16)30-25(34)23-14-19(33)15-32(23)26(35)29-18-10-8-17(27)9-11-18/h3-13,19,23,33H,14-15H2,1-2H3,(H,29,35)(H,30,34)/t19-,23-/m1/s1. The maximum Gasteiger partial charge on any atom is 0.322 e. The number of nitrogens with zero attached hydrogens (tertiary/aromatic N) is 2. The molecule has 3 N–H and O–H groups in total. The summed E-state index contributed by atoms with van der Waals surface area (Å²) in [4.78, 5) is 27.0. The first-order chi connectivity index (χ1) is 18.0. The van der Waals surface area contributed by atoms with Crippen LogP contribution in [-0.4, -0.2) is 67.5 Å². The Morgan fingerprint density at radius 1 is 1.05 bits per heavy atom. The van der Waals surface area contributed by atoms with Crippen molar-refractivity contribution < 1.29 is 27.5 Å². The van der Waals surface area contributed by atoms with Gasteiger partial charge in [0.25, 0.3) is 0 Å². The fraction of sp³-hybridized carbons (Fsp3) is 0.231. The number of urea groups is 1. The van der Waals surface area contributed by atoms with Crippen LogP contribution in [0.15, 0.2) is 71.6 Å². The molecule has 200 valence electrons. The van der Waals surface area contributed by atoms with E-state index in [-0.39, 0.29) is 23.5 Å². The van der Waals surface area contributed by atoms with Crippen LogP contribution in [0.5, 0.6) is 0 Å². The van der Waals surface area contributed by atoms with Gasteiger partial charge >= 0.3 is 6.03 Å². The van der Waals surface area contributed by atoms with Crippen molar-refractivity contribution in [3.8, 4) is 11.1 Å². The molecule has 9 nitrogen and oxygen atoms in total. The number of nitrogens with one attached hydrogen (secondary N) is 2. The lowest BCUT2D eigenvalue weighted by Crippen LogP contribution is -2.45. The highest BCUT2D eigenvalue weighted by Crippen LogP contribution is 2.31. The molecule has 38 heavy (non-hydrogen) atoms. The third-order valence-electron chi connectivity index (χ3n) is 6.12. The van der Waals surface area contributed by atoms with Crippen molar-refractivity contribution in [3.05, 3.63) is 77.6 Å². The number of hydrogen-bond donors (Lipinski definition) is 3. The van der Waals surface area contributed by atoms with Gasteiger partial charge in [-0.3, -0.25) is 4.79 Å². The second-order valence-electron chi connectivity index (χ2n) is 8.96. The zero-order valence-electron chi connectivity index (χ0n) is 20.6. The Morgan fingerprint density at radius 2 is 1.74 bits per heavy atom. The van der Waals surface area contributed by atoms with Crippen molar-refractivity contribution >= 4 is 44.9 Å². The second kappa shape index (κ2) is 11.1. The summed E-state index contributed by atoms with van der Waals surface area (Å²) in [5.41, 5.74) is 0.924. The van der Waals surface area contributed by atoms with E-state index < -0.39 is 39.9 Å². The number of halogens is 2. The Labute approximate surface area is 224 Å². The number of β-amino-alcohol motifs (C(OH)–C–C–N with tert-alkyl or cyclic N) is 1. The Hall–Kier alpha value is -3.51. The smallest absolute Gasteiger partial charge is 0.322 e. The first-order valence-electron chi connectivity index (χ1n) is 11.6. The second-order valence-corrected chi connectivity index (χ2v) is 11.5. The Bertz CT molecular complexity index is 1470. The number of amides is 3. The number of carbonyl (C=O) groups is 2. The molecule has 1 aliphatic heterocycles. The highest BCUT2D eigenvalue weighted by atomic mass is 35.5. The first kappa shape index (κ1) is 27.5. The maximum absolute atomic E-state index is 15.1. The van der Waals surface area contributed by atoms with E-state index in [0.29, 0.717) is 21.8 Å². The molecule has 12 heteroatoms. The van der Waals surface area contributed by atoms with Gasteiger partial charge in [-0.25, -0.2) is 21.9 Å². The van der Waals surface area contributed by atoms with Gasteiger partial charge < -0.3 is 20.6 Å². The third kappa shape index (κ3) is 5.81. The van der Waals surface area contributed by atoms with Crippen LogP contribution in [0.2, 0.25) is 5.02 Å². The van der Waals surface area contributed by atoms with Gasteiger partial charge in [0, 0.05) is 43.3 Å². The number of aliphatic hydroxyl groups excluding tert-OH is 1. The minimum absolute atomic E-state index is 0.0171. The van der Waals surface area contributed by atoms with Crippen LogP contribution in [0, 0.1) is 5.82 Å². The predicted octanol–water partition coefficient (Wildman–Crippen LogP) is 4.00. The minimum Gasteiger partial charge on any atom is -0.391 e. The fourth-order valence-corrected chi connectivity index (χ4v) is 5.38. The maximum atomic E-state index is 15.1. The molecule has 3 aromatic carbocycles. The van der Waals surface area contributed by atoms with E-state index in [1.165, 1.54) is 37.2 Å². The molecule has 0 spiro atoms. The van der Waals surface area contributed by atoms with Gasteiger partial charge in [0.1, 0.15) is 11.9 Å². The van der Waals surface area contributed by atoms with Crippen LogP contribution in [0.25, 0.3) is 11.1 Å². The van der Waals surface area contributed by atoms with Gasteiger partial charge in [-0.1, -0.05) is 35.9 Å². The lowest BCUT2D eigenvalue weighted by atomic mass is 10.0. The van der Waals surface area contributed by atoms with E-state index in [9.17, 15) is 23.1 Å². The highest BCUT2D eigenvalue weighted by Gasteiger charge is 2.39. The number of aliphatic hydroxyl groups is 1. The van der Waals surface area contributed by atoms with E-state index in [4.69, 9.17) is 11.6 Å². The zero-order valence-corrected chi connectivity index (χ0v) is 22.1. The Morgan fingerprint density at radius 3 is 2.39 bits per heavy atom. The van der Waals surface area contributed by atoms with Crippen LogP contribution in [0.1, 0.15) is 6.42 Å². The summed E-state index contributed by atoms with van der Waals surface area (Å²) in [5.74, 6) is -1.46. The topological polar surface area (TPSA) is 119 Å². The average molecular weight is 561 g/mol.